The minimum absolute atomic E-state index is 0.184. The second kappa shape index (κ2) is 7.43. The average Bonchev–Trinajstić information content (AvgIpc) is 2.76. The van der Waals surface area contributed by atoms with Gasteiger partial charge in [-0.2, -0.15) is 0 Å². The van der Waals surface area contributed by atoms with Crippen molar-refractivity contribution in [2.75, 3.05) is 13.2 Å². The molecule has 0 unspecified atom stereocenters. The minimum Gasteiger partial charge on any atom is -0.461 e. The molecule has 0 aliphatic rings. The zero-order valence-corrected chi connectivity index (χ0v) is 15.2. The second-order valence-electron chi connectivity index (χ2n) is 6.62. The predicted octanol–water partition coefficient (Wildman–Crippen LogP) is 3.76. The van der Waals surface area contributed by atoms with Crippen LogP contribution < -0.4 is 0 Å². The van der Waals surface area contributed by atoms with Crippen LogP contribution in [0.25, 0.3) is 21.5 Å². The smallest absolute Gasteiger partial charge is 0.347 e. The molecule has 4 aromatic carbocycles. The van der Waals surface area contributed by atoms with E-state index >= 15 is 0 Å². The largest absolute Gasteiger partial charge is 0.461 e. The first-order chi connectivity index (χ1) is 13.7. The van der Waals surface area contributed by atoms with Crippen LogP contribution in [0, 0.1) is 0 Å². The van der Waals surface area contributed by atoms with E-state index in [4.69, 9.17) is 9.84 Å². The van der Waals surface area contributed by atoms with Crippen LogP contribution in [0.3, 0.4) is 0 Å². The third-order valence-corrected chi connectivity index (χ3v) is 4.98. The molecule has 0 saturated carbocycles. The molecule has 4 rings (SSSR count). The summed E-state index contributed by atoms with van der Waals surface area (Å²) in [7, 11) is 0. The number of hydrogen-bond donors (Lipinski definition) is 2. The molecule has 2 N–H and O–H groups in total. The fourth-order valence-electron chi connectivity index (χ4n) is 3.69. The van der Waals surface area contributed by atoms with Crippen LogP contribution in [0.5, 0.6) is 0 Å². The number of rotatable bonds is 5. The summed E-state index contributed by atoms with van der Waals surface area (Å²) in [5.74, 6) is -0.811. The Kier molecular flexibility index (Phi) is 4.82. The van der Waals surface area contributed by atoms with Crippen molar-refractivity contribution >= 4 is 27.5 Å². The lowest BCUT2D eigenvalue weighted by molar-refractivity contribution is -0.162. The van der Waals surface area contributed by atoms with Crippen LogP contribution in [-0.4, -0.2) is 29.4 Å². The lowest BCUT2D eigenvalue weighted by Crippen LogP contribution is -2.39. The standard InChI is InChI=1S/C24H20O4/c25-15-16-28-23(26)24(27,21-13-5-9-17-7-1-3-11-19(17)21)22-14-6-10-18-8-2-4-12-20(18)22/h1-14,25,27H,15-16H2. The van der Waals surface area contributed by atoms with Crippen molar-refractivity contribution in [1.82, 2.24) is 0 Å². The van der Waals surface area contributed by atoms with Gasteiger partial charge in [-0.15, -0.1) is 0 Å². The summed E-state index contributed by atoms with van der Waals surface area (Å²) < 4.78 is 5.22. The molecule has 4 heteroatoms. The topological polar surface area (TPSA) is 66.8 Å². The molecule has 0 spiro atoms. The monoisotopic (exact) mass is 372 g/mol. The van der Waals surface area contributed by atoms with Gasteiger partial charge >= 0.3 is 5.97 Å². The van der Waals surface area contributed by atoms with Crippen LogP contribution in [-0.2, 0) is 15.1 Å². The summed E-state index contributed by atoms with van der Waals surface area (Å²) in [6.45, 7) is -0.496. The highest BCUT2D eigenvalue weighted by Crippen LogP contribution is 2.39. The van der Waals surface area contributed by atoms with Gasteiger partial charge in [-0.1, -0.05) is 84.9 Å². The van der Waals surface area contributed by atoms with Gasteiger partial charge in [0.05, 0.1) is 6.61 Å². The molecule has 140 valence electrons. The second-order valence-corrected chi connectivity index (χ2v) is 6.62. The summed E-state index contributed by atoms with van der Waals surface area (Å²) in [6.07, 6.45) is 0. The first-order valence-electron chi connectivity index (χ1n) is 9.13. The molecule has 0 aliphatic carbocycles. The number of aliphatic hydroxyl groups excluding tert-OH is 1. The highest BCUT2D eigenvalue weighted by molar-refractivity contribution is 5.99. The van der Waals surface area contributed by atoms with Gasteiger partial charge < -0.3 is 14.9 Å². The molecule has 0 aromatic heterocycles. The van der Waals surface area contributed by atoms with Gasteiger partial charge in [-0.25, -0.2) is 4.79 Å². The lowest BCUT2D eigenvalue weighted by atomic mass is 9.81. The van der Waals surface area contributed by atoms with Crippen LogP contribution >= 0.6 is 0 Å². The van der Waals surface area contributed by atoms with Crippen molar-refractivity contribution in [1.29, 1.82) is 0 Å². The van der Waals surface area contributed by atoms with E-state index in [1.165, 1.54) is 0 Å². The van der Waals surface area contributed by atoms with Crippen molar-refractivity contribution < 1.29 is 19.7 Å². The highest BCUT2D eigenvalue weighted by atomic mass is 16.6. The van der Waals surface area contributed by atoms with Crippen molar-refractivity contribution in [2.24, 2.45) is 0 Å². The molecule has 0 saturated heterocycles. The minimum atomic E-state index is -2.02. The van der Waals surface area contributed by atoms with Crippen molar-refractivity contribution in [2.45, 2.75) is 5.60 Å². The molecule has 0 bridgehead atoms. The van der Waals surface area contributed by atoms with E-state index in [-0.39, 0.29) is 13.2 Å². The Morgan fingerprint density at radius 2 is 1.21 bits per heavy atom. The van der Waals surface area contributed by atoms with Crippen LogP contribution in [0.2, 0.25) is 0 Å². The first-order valence-corrected chi connectivity index (χ1v) is 9.13. The van der Waals surface area contributed by atoms with Crippen molar-refractivity contribution in [3.63, 3.8) is 0 Å². The Morgan fingerprint density at radius 3 is 1.71 bits per heavy atom. The summed E-state index contributed by atoms with van der Waals surface area (Å²) in [6, 6.07) is 26.1. The van der Waals surface area contributed by atoms with Gasteiger partial charge in [0, 0.05) is 11.1 Å². The number of fused-ring (bicyclic) bond motifs is 2. The zero-order chi connectivity index (χ0) is 19.6. The third kappa shape index (κ3) is 2.93. The molecule has 0 radical (unpaired) electrons. The Hall–Kier alpha value is -3.21. The van der Waals surface area contributed by atoms with Gasteiger partial charge in [0.1, 0.15) is 6.61 Å². The number of carbonyl (C=O) groups excluding carboxylic acids is 1. The number of ether oxygens (including phenoxy) is 1. The molecule has 4 nitrogen and oxygen atoms in total. The van der Waals surface area contributed by atoms with E-state index < -0.39 is 11.6 Å². The summed E-state index contributed by atoms with van der Waals surface area (Å²) in [5, 5.41) is 24.3. The molecular weight excluding hydrogens is 352 g/mol. The quantitative estimate of drug-likeness (QED) is 0.524. The maximum atomic E-state index is 13.1. The van der Waals surface area contributed by atoms with Crippen molar-refractivity contribution in [3.8, 4) is 0 Å². The van der Waals surface area contributed by atoms with Gasteiger partial charge in [0.25, 0.3) is 0 Å². The number of aliphatic hydroxyl groups is 2. The number of benzene rings is 4. The van der Waals surface area contributed by atoms with Crippen molar-refractivity contribution in [3.05, 3.63) is 96.1 Å². The normalized spacial score (nSPS) is 11.6. The molecule has 28 heavy (non-hydrogen) atoms. The molecule has 0 heterocycles. The molecule has 0 atom stereocenters. The molecule has 0 fully saturated rings. The van der Waals surface area contributed by atoms with E-state index in [1.54, 1.807) is 12.1 Å². The van der Waals surface area contributed by atoms with Crippen LogP contribution in [0.4, 0.5) is 0 Å². The fraction of sp³-hybridized carbons (Fsp3) is 0.125. The van der Waals surface area contributed by atoms with Gasteiger partial charge in [0.15, 0.2) is 0 Å². The Morgan fingerprint density at radius 1 is 0.750 bits per heavy atom. The highest BCUT2D eigenvalue weighted by Gasteiger charge is 2.43. The number of hydrogen-bond acceptors (Lipinski definition) is 4. The Bertz CT molecular complexity index is 1060. The van der Waals surface area contributed by atoms with E-state index in [9.17, 15) is 9.90 Å². The molecule has 0 amide bonds. The maximum absolute atomic E-state index is 13.1. The average molecular weight is 372 g/mol. The zero-order valence-electron chi connectivity index (χ0n) is 15.2. The maximum Gasteiger partial charge on any atom is 0.347 e. The van der Waals surface area contributed by atoms with E-state index in [1.807, 2.05) is 72.8 Å². The summed E-state index contributed by atoms with van der Waals surface area (Å²) >= 11 is 0. The SMILES string of the molecule is O=C(OCCO)C(O)(c1cccc2ccccc12)c1cccc2ccccc12. The number of carbonyl (C=O) groups is 1. The lowest BCUT2D eigenvalue weighted by Gasteiger charge is -2.29. The molecule has 4 aromatic rings. The van der Waals surface area contributed by atoms with E-state index in [0.29, 0.717) is 11.1 Å². The van der Waals surface area contributed by atoms with Crippen LogP contribution in [0.15, 0.2) is 84.9 Å². The van der Waals surface area contributed by atoms with E-state index in [2.05, 4.69) is 0 Å². The van der Waals surface area contributed by atoms with E-state index in [0.717, 1.165) is 21.5 Å². The third-order valence-electron chi connectivity index (χ3n) is 4.98. The van der Waals surface area contributed by atoms with Gasteiger partial charge in [-0.05, 0) is 21.5 Å². The number of esters is 1. The first kappa shape index (κ1) is 18.2. The summed E-state index contributed by atoms with van der Waals surface area (Å²) in [4.78, 5) is 13.1. The molecular formula is C24H20O4. The van der Waals surface area contributed by atoms with Gasteiger partial charge in [0.2, 0.25) is 5.60 Å². The Labute approximate surface area is 162 Å². The molecule has 0 aliphatic heterocycles. The Balaban J connectivity index is 2.04. The summed E-state index contributed by atoms with van der Waals surface area (Å²) in [5.41, 5.74) is -1.12. The predicted molar refractivity (Wildman–Crippen MR) is 109 cm³/mol. The fourth-order valence-corrected chi connectivity index (χ4v) is 3.69. The van der Waals surface area contributed by atoms with Gasteiger partial charge in [-0.3, -0.25) is 0 Å². The van der Waals surface area contributed by atoms with Crippen LogP contribution in [0.1, 0.15) is 11.1 Å².